The Hall–Kier alpha value is -0.860. The van der Waals surface area contributed by atoms with Crippen molar-refractivity contribution in [2.75, 3.05) is 13.1 Å². The average molecular weight is 217 g/mol. The van der Waals surface area contributed by atoms with Crippen LogP contribution >= 0.6 is 0 Å². The number of aliphatic hydroxyl groups is 1. The average Bonchev–Trinajstić information content (AvgIpc) is 2.28. The van der Waals surface area contributed by atoms with Crippen molar-refractivity contribution in [3.8, 4) is 0 Å². The monoisotopic (exact) mass is 217 g/mol. The van der Waals surface area contributed by atoms with E-state index in [1.807, 2.05) is 0 Å². The van der Waals surface area contributed by atoms with Crippen LogP contribution in [0, 0.1) is 6.92 Å². The molecule has 86 valence electrons. The molecule has 2 heterocycles. The summed E-state index contributed by atoms with van der Waals surface area (Å²) in [5.74, 6) is 0. The number of benzene rings is 1. The summed E-state index contributed by atoms with van der Waals surface area (Å²) >= 11 is 0. The molecule has 16 heavy (non-hydrogen) atoms. The Kier molecular flexibility index (Phi) is 2.30. The number of piperidine rings is 1. The molecule has 2 saturated heterocycles. The van der Waals surface area contributed by atoms with Crippen LogP contribution in [0.2, 0.25) is 0 Å². The van der Waals surface area contributed by atoms with Crippen molar-refractivity contribution < 1.29 is 5.11 Å². The summed E-state index contributed by atoms with van der Waals surface area (Å²) in [7, 11) is 0. The van der Waals surface area contributed by atoms with E-state index in [1.165, 1.54) is 24.9 Å². The highest BCUT2D eigenvalue weighted by Crippen LogP contribution is 2.43. The van der Waals surface area contributed by atoms with Crippen LogP contribution < -0.4 is 0 Å². The van der Waals surface area contributed by atoms with Crippen LogP contribution in [0.3, 0.4) is 0 Å². The predicted octanol–water partition coefficient (Wildman–Crippen LogP) is 2.05. The highest BCUT2D eigenvalue weighted by molar-refractivity contribution is 5.31. The molecule has 2 heteroatoms. The van der Waals surface area contributed by atoms with Gasteiger partial charge in [0.2, 0.25) is 0 Å². The molecular formula is C14H19NO. The summed E-state index contributed by atoms with van der Waals surface area (Å²) in [6.45, 7) is 4.07. The first-order chi connectivity index (χ1) is 7.70. The number of hydrogen-bond acceptors (Lipinski definition) is 2. The van der Waals surface area contributed by atoms with E-state index in [-0.39, 0.29) is 0 Å². The van der Waals surface area contributed by atoms with Gasteiger partial charge in [0, 0.05) is 12.6 Å². The zero-order valence-corrected chi connectivity index (χ0v) is 9.82. The molecule has 2 fully saturated rings. The first-order valence-electron chi connectivity index (χ1n) is 6.24. The second-order valence-electron chi connectivity index (χ2n) is 5.27. The molecule has 1 aromatic rings. The van der Waals surface area contributed by atoms with Crippen LogP contribution in [0.5, 0.6) is 0 Å². The number of nitrogens with zero attached hydrogens (tertiary/aromatic N) is 1. The van der Waals surface area contributed by atoms with Gasteiger partial charge < -0.3 is 5.11 Å². The second kappa shape index (κ2) is 3.57. The lowest BCUT2D eigenvalue weighted by atomic mass is 9.73. The fraction of sp³-hybridized carbons (Fsp3) is 0.571. The van der Waals surface area contributed by atoms with Crippen LogP contribution in [-0.2, 0) is 5.60 Å². The maximum atomic E-state index is 10.7. The van der Waals surface area contributed by atoms with E-state index in [0.29, 0.717) is 6.04 Å². The number of rotatable bonds is 1. The highest BCUT2D eigenvalue weighted by atomic mass is 16.3. The van der Waals surface area contributed by atoms with Crippen LogP contribution in [0.4, 0.5) is 0 Å². The van der Waals surface area contributed by atoms with Gasteiger partial charge in [0.25, 0.3) is 0 Å². The molecule has 2 aliphatic rings. The largest absolute Gasteiger partial charge is 0.382 e. The molecule has 0 spiro atoms. The topological polar surface area (TPSA) is 23.5 Å². The van der Waals surface area contributed by atoms with Gasteiger partial charge in [0.15, 0.2) is 0 Å². The van der Waals surface area contributed by atoms with Gasteiger partial charge >= 0.3 is 0 Å². The Bertz CT molecular complexity index is 386. The SMILES string of the molecule is Cc1ccc(C2(O)CN3CCCCC32)cc1. The van der Waals surface area contributed by atoms with Crippen LogP contribution in [0.25, 0.3) is 0 Å². The molecule has 3 rings (SSSR count). The van der Waals surface area contributed by atoms with Gasteiger partial charge in [-0.15, -0.1) is 0 Å². The van der Waals surface area contributed by atoms with Crippen molar-refractivity contribution in [3.63, 3.8) is 0 Å². The van der Waals surface area contributed by atoms with Gasteiger partial charge in [-0.05, 0) is 31.9 Å². The van der Waals surface area contributed by atoms with Crippen molar-refractivity contribution in [2.24, 2.45) is 0 Å². The van der Waals surface area contributed by atoms with E-state index in [4.69, 9.17) is 0 Å². The molecule has 0 bridgehead atoms. The molecule has 0 aromatic heterocycles. The van der Waals surface area contributed by atoms with Crippen molar-refractivity contribution in [2.45, 2.75) is 37.8 Å². The summed E-state index contributed by atoms with van der Waals surface area (Å²) in [5, 5.41) is 10.7. The Balaban J connectivity index is 1.86. The number of fused-ring (bicyclic) bond motifs is 1. The fourth-order valence-electron chi connectivity index (χ4n) is 3.15. The number of hydrogen-bond donors (Lipinski definition) is 1. The maximum absolute atomic E-state index is 10.7. The molecule has 2 unspecified atom stereocenters. The normalized spacial score (nSPS) is 34.2. The lowest BCUT2D eigenvalue weighted by Crippen LogP contribution is -2.68. The Morgan fingerprint density at radius 1 is 1.25 bits per heavy atom. The molecule has 2 aliphatic heterocycles. The molecule has 0 aliphatic carbocycles. The van der Waals surface area contributed by atoms with Gasteiger partial charge in [-0.2, -0.15) is 0 Å². The summed E-state index contributed by atoms with van der Waals surface area (Å²) < 4.78 is 0. The third-order valence-corrected chi connectivity index (χ3v) is 4.16. The maximum Gasteiger partial charge on any atom is 0.118 e. The summed E-state index contributed by atoms with van der Waals surface area (Å²) in [4.78, 5) is 2.42. The summed E-state index contributed by atoms with van der Waals surface area (Å²) in [6.07, 6.45) is 3.69. The smallest absolute Gasteiger partial charge is 0.118 e. The van der Waals surface area contributed by atoms with E-state index in [0.717, 1.165) is 18.5 Å². The third-order valence-electron chi connectivity index (χ3n) is 4.16. The molecule has 1 N–H and O–H groups in total. The van der Waals surface area contributed by atoms with Gasteiger partial charge in [0.05, 0.1) is 0 Å². The molecular weight excluding hydrogens is 198 g/mol. The van der Waals surface area contributed by atoms with Crippen molar-refractivity contribution in [1.29, 1.82) is 0 Å². The Labute approximate surface area is 96.9 Å². The standard InChI is InChI=1S/C14H19NO/c1-11-5-7-12(8-6-11)14(16)10-15-9-3-2-4-13(14)15/h5-8,13,16H,2-4,9-10H2,1H3. The lowest BCUT2D eigenvalue weighted by Gasteiger charge is -2.57. The quantitative estimate of drug-likeness (QED) is 0.778. The Morgan fingerprint density at radius 2 is 2.00 bits per heavy atom. The predicted molar refractivity (Wildman–Crippen MR) is 64.3 cm³/mol. The Morgan fingerprint density at radius 3 is 2.69 bits per heavy atom. The highest BCUT2D eigenvalue weighted by Gasteiger charge is 2.52. The minimum absolute atomic E-state index is 0.365. The number of aryl methyl sites for hydroxylation is 1. The van der Waals surface area contributed by atoms with E-state index in [1.54, 1.807) is 0 Å². The third kappa shape index (κ3) is 1.40. The van der Waals surface area contributed by atoms with Gasteiger partial charge in [-0.3, -0.25) is 4.90 Å². The van der Waals surface area contributed by atoms with Gasteiger partial charge in [0.1, 0.15) is 5.60 Å². The molecule has 2 nitrogen and oxygen atoms in total. The van der Waals surface area contributed by atoms with E-state index >= 15 is 0 Å². The zero-order chi connectivity index (χ0) is 11.2. The van der Waals surface area contributed by atoms with Crippen LogP contribution in [0.1, 0.15) is 30.4 Å². The van der Waals surface area contributed by atoms with Crippen LogP contribution in [-0.4, -0.2) is 29.1 Å². The van der Waals surface area contributed by atoms with E-state index in [2.05, 4.69) is 36.1 Å². The summed E-state index contributed by atoms with van der Waals surface area (Å²) in [6, 6.07) is 8.73. The van der Waals surface area contributed by atoms with Crippen LogP contribution in [0.15, 0.2) is 24.3 Å². The minimum atomic E-state index is -0.575. The van der Waals surface area contributed by atoms with E-state index in [9.17, 15) is 5.11 Å². The molecule has 0 amide bonds. The van der Waals surface area contributed by atoms with Crippen molar-refractivity contribution in [1.82, 2.24) is 4.90 Å². The summed E-state index contributed by atoms with van der Waals surface area (Å²) in [5.41, 5.74) is 1.78. The van der Waals surface area contributed by atoms with Crippen molar-refractivity contribution in [3.05, 3.63) is 35.4 Å². The molecule has 0 radical (unpaired) electrons. The van der Waals surface area contributed by atoms with Crippen molar-refractivity contribution >= 4 is 0 Å². The molecule has 0 saturated carbocycles. The molecule has 2 atom stereocenters. The minimum Gasteiger partial charge on any atom is -0.382 e. The first-order valence-corrected chi connectivity index (χ1v) is 6.24. The second-order valence-corrected chi connectivity index (χ2v) is 5.27. The van der Waals surface area contributed by atoms with Gasteiger partial charge in [-0.1, -0.05) is 36.2 Å². The molecule has 1 aromatic carbocycles. The fourth-order valence-corrected chi connectivity index (χ4v) is 3.15. The van der Waals surface area contributed by atoms with Gasteiger partial charge in [-0.25, -0.2) is 0 Å². The lowest BCUT2D eigenvalue weighted by molar-refractivity contribution is -0.172. The zero-order valence-electron chi connectivity index (χ0n) is 9.82. The first kappa shape index (κ1) is 10.3. The van der Waals surface area contributed by atoms with E-state index < -0.39 is 5.60 Å².